The number of aromatic nitrogens is 3. The Bertz CT molecular complexity index is 946. The van der Waals surface area contributed by atoms with Gasteiger partial charge in [-0.3, -0.25) is 9.78 Å². The van der Waals surface area contributed by atoms with Gasteiger partial charge >= 0.3 is 12.1 Å². The molecule has 1 amide bonds. The number of nitrogens with zero attached hydrogens (tertiary/aromatic N) is 4. The second-order valence-electron chi connectivity index (χ2n) is 7.48. The van der Waals surface area contributed by atoms with Gasteiger partial charge in [-0.1, -0.05) is 6.07 Å². The molecule has 4 heterocycles. The minimum absolute atomic E-state index is 0.0356. The summed E-state index contributed by atoms with van der Waals surface area (Å²) in [5.41, 5.74) is 0.955. The molecule has 4 rings (SSSR count). The number of alkyl halides is 3. The number of aliphatic carboxylic acids is 1. The monoisotopic (exact) mass is 471 g/mol. The van der Waals surface area contributed by atoms with Gasteiger partial charge in [-0.15, -0.1) is 0 Å². The average Bonchev–Trinajstić information content (AvgIpc) is 3.22. The van der Waals surface area contributed by atoms with Gasteiger partial charge in [0.1, 0.15) is 6.10 Å². The highest BCUT2D eigenvalue weighted by Gasteiger charge is 2.42. The number of carbonyl (C=O) groups is 2. The van der Waals surface area contributed by atoms with E-state index in [0.29, 0.717) is 25.0 Å². The number of hydrogen-bond donors (Lipinski definition) is 2. The molecular weight excluding hydrogens is 450 g/mol. The summed E-state index contributed by atoms with van der Waals surface area (Å²) in [6, 6.07) is 3.76. The van der Waals surface area contributed by atoms with Crippen molar-refractivity contribution in [3.05, 3.63) is 48.3 Å². The molecule has 0 unspecified atom stereocenters. The van der Waals surface area contributed by atoms with E-state index in [-0.39, 0.29) is 12.0 Å². The number of piperidine rings is 1. The molecule has 2 aliphatic rings. The van der Waals surface area contributed by atoms with Crippen molar-refractivity contribution in [1.29, 1.82) is 0 Å². The van der Waals surface area contributed by atoms with Crippen LogP contribution in [0.15, 0.2) is 36.9 Å². The first kappa shape index (κ1) is 24.3. The van der Waals surface area contributed by atoms with Crippen molar-refractivity contribution in [1.82, 2.24) is 20.3 Å². The maximum Gasteiger partial charge on any atom is 0.490 e. The molecule has 3 atom stereocenters. The third-order valence-electron chi connectivity index (χ3n) is 5.17. The van der Waals surface area contributed by atoms with E-state index in [9.17, 15) is 22.4 Å². The van der Waals surface area contributed by atoms with Gasteiger partial charge in [0.25, 0.3) is 0 Å². The first-order valence-corrected chi connectivity index (χ1v) is 9.98. The third kappa shape index (κ3) is 6.81. The molecule has 2 saturated heterocycles. The normalized spacial score (nSPS) is 22.1. The quantitative estimate of drug-likeness (QED) is 0.650. The van der Waals surface area contributed by atoms with Crippen LogP contribution in [0.3, 0.4) is 0 Å². The van der Waals surface area contributed by atoms with Gasteiger partial charge in [0, 0.05) is 32.0 Å². The molecule has 2 aromatic rings. The van der Waals surface area contributed by atoms with Crippen LogP contribution in [0.5, 0.6) is 0 Å². The van der Waals surface area contributed by atoms with Crippen molar-refractivity contribution in [2.45, 2.75) is 37.8 Å². The first-order valence-electron chi connectivity index (χ1n) is 9.98. The van der Waals surface area contributed by atoms with Gasteiger partial charge in [-0.05, 0) is 30.4 Å². The number of ether oxygens (including phenoxy) is 1. The smallest absolute Gasteiger partial charge is 0.475 e. The van der Waals surface area contributed by atoms with Gasteiger partial charge in [0.2, 0.25) is 11.9 Å². The van der Waals surface area contributed by atoms with Gasteiger partial charge in [-0.25, -0.2) is 19.2 Å². The zero-order chi connectivity index (χ0) is 24.0. The Morgan fingerprint density at radius 2 is 1.94 bits per heavy atom. The highest BCUT2D eigenvalue weighted by Crippen LogP contribution is 2.34. The van der Waals surface area contributed by atoms with E-state index in [1.807, 2.05) is 17.0 Å². The number of carboxylic acid groups (broad SMARTS) is 1. The summed E-state index contributed by atoms with van der Waals surface area (Å²) in [6.07, 6.45) is 1.83. The highest BCUT2D eigenvalue weighted by molar-refractivity contribution is 5.81. The van der Waals surface area contributed by atoms with E-state index in [1.54, 1.807) is 12.4 Å². The molecule has 0 bridgehead atoms. The first-order chi connectivity index (χ1) is 15.6. The summed E-state index contributed by atoms with van der Waals surface area (Å²) in [5.74, 6) is -2.45. The van der Waals surface area contributed by atoms with E-state index in [0.717, 1.165) is 24.9 Å². The second-order valence-corrected chi connectivity index (χ2v) is 7.48. The Balaban J connectivity index is 0.000000383. The molecule has 2 fully saturated rings. The number of fused-ring (bicyclic) bond motifs is 1. The van der Waals surface area contributed by atoms with Crippen LogP contribution in [-0.4, -0.2) is 63.4 Å². The predicted octanol–water partition coefficient (Wildman–Crippen LogP) is 1.94. The lowest BCUT2D eigenvalue weighted by molar-refractivity contribution is -0.192. The largest absolute Gasteiger partial charge is 0.490 e. The number of amides is 1. The SMILES string of the molecule is O=C(NCc1cccnc1)[C@@H]1C[C@@H]2CCN(c3ncc(F)cn3)C[C@H]2O1.O=C(O)C(F)(F)F. The molecule has 2 N–H and O–H groups in total. The molecule has 0 spiro atoms. The molecule has 2 aliphatic heterocycles. The molecule has 9 nitrogen and oxygen atoms in total. The fourth-order valence-corrected chi connectivity index (χ4v) is 3.56. The molecule has 13 heteroatoms. The molecule has 0 radical (unpaired) electrons. The van der Waals surface area contributed by atoms with Crippen LogP contribution in [0.25, 0.3) is 0 Å². The summed E-state index contributed by atoms with van der Waals surface area (Å²) in [5, 5.41) is 10.0. The maximum atomic E-state index is 13.0. The molecule has 33 heavy (non-hydrogen) atoms. The van der Waals surface area contributed by atoms with Crippen LogP contribution >= 0.6 is 0 Å². The zero-order valence-electron chi connectivity index (χ0n) is 17.2. The Hall–Kier alpha value is -3.35. The van der Waals surface area contributed by atoms with Crippen LogP contribution in [0.1, 0.15) is 18.4 Å². The van der Waals surface area contributed by atoms with Crippen molar-refractivity contribution >= 4 is 17.8 Å². The number of rotatable bonds is 4. The topological polar surface area (TPSA) is 118 Å². The van der Waals surface area contributed by atoms with Gasteiger partial charge < -0.3 is 20.1 Å². The minimum atomic E-state index is -5.08. The van der Waals surface area contributed by atoms with Gasteiger partial charge in [0.05, 0.1) is 18.5 Å². The number of halogens is 4. The third-order valence-corrected chi connectivity index (χ3v) is 5.17. The Morgan fingerprint density at radius 3 is 2.55 bits per heavy atom. The summed E-state index contributed by atoms with van der Waals surface area (Å²) in [6.45, 7) is 1.83. The Kier molecular flexibility index (Phi) is 7.74. The van der Waals surface area contributed by atoms with Gasteiger partial charge in [0.15, 0.2) is 5.82 Å². The standard InChI is InChI=1S/C18H20FN5O2.C2HF3O2/c19-14-9-22-18(23-10-14)24-5-3-13-6-15(26-16(13)11-24)17(25)21-8-12-2-1-4-20-7-12;3-2(4,5)1(6)7/h1-2,4,7,9-10,13,15-16H,3,5-6,8,11H2,(H,21,25);(H,6,7)/t13-,15-,16+;/m0./s1. The van der Waals surface area contributed by atoms with E-state index in [1.165, 1.54) is 12.4 Å². The van der Waals surface area contributed by atoms with Crippen molar-refractivity contribution in [3.63, 3.8) is 0 Å². The van der Waals surface area contributed by atoms with Crippen molar-refractivity contribution in [3.8, 4) is 0 Å². The number of anilines is 1. The Morgan fingerprint density at radius 1 is 1.24 bits per heavy atom. The van der Waals surface area contributed by atoms with E-state index >= 15 is 0 Å². The summed E-state index contributed by atoms with van der Waals surface area (Å²) >= 11 is 0. The molecule has 178 valence electrons. The summed E-state index contributed by atoms with van der Waals surface area (Å²) < 4.78 is 50.7. The van der Waals surface area contributed by atoms with E-state index in [2.05, 4.69) is 20.3 Å². The van der Waals surface area contributed by atoms with Crippen LogP contribution in [-0.2, 0) is 20.9 Å². The molecule has 0 saturated carbocycles. The molecule has 2 aromatic heterocycles. The number of carbonyl (C=O) groups excluding carboxylic acids is 1. The van der Waals surface area contributed by atoms with Crippen molar-refractivity contribution in [2.24, 2.45) is 5.92 Å². The van der Waals surface area contributed by atoms with Crippen LogP contribution < -0.4 is 10.2 Å². The summed E-state index contributed by atoms with van der Waals surface area (Å²) in [7, 11) is 0. The lowest BCUT2D eigenvalue weighted by Gasteiger charge is -2.33. The average molecular weight is 471 g/mol. The van der Waals surface area contributed by atoms with Crippen LogP contribution in [0.4, 0.5) is 23.5 Å². The number of nitrogens with one attached hydrogen (secondary N) is 1. The van der Waals surface area contributed by atoms with Crippen molar-refractivity contribution < 1.29 is 37.0 Å². The van der Waals surface area contributed by atoms with Crippen LogP contribution in [0, 0.1) is 11.7 Å². The molecule has 0 aliphatic carbocycles. The fraction of sp³-hybridized carbons (Fsp3) is 0.450. The number of hydrogen-bond acceptors (Lipinski definition) is 7. The lowest BCUT2D eigenvalue weighted by atomic mass is 9.92. The summed E-state index contributed by atoms with van der Waals surface area (Å²) in [4.78, 5) is 35.4. The minimum Gasteiger partial charge on any atom is -0.475 e. The number of pyridine rings is 1. The van der Waals surface area contributed by atoms with E-state index < -0.39 is 24.1 Å². The molecular formula is C20H21F4N5O4. The number of carboxylic acids is 1. The Labute approximate surface area is 185 Å². The molecule has 0 aromatic carbocycles. The second kappa shape index (κ2) is 10.5. The van der Waals surface area contributed by atoms with Gasteiger partial charge in [-0.2, -0.15) is 13.2 Å². The highest BCUT2D eigenvalue weighted by atomic mass is 19.4. The maximum absolute atomic E-state index is 13.0. The fourth-order valence-electron chi connectivity index (χ4n) is 3.56. The van der Waals surface area contributed by atoms with Crippen molar-refractivity contribution in [2.75, 3.05) is 18.0 Å². The van der Waals surface area contributed by atoms with E-state index in [4.69, 9.17) is 14.6 Å². The predicted molar refractivity (Wildman–Crippen MR) is 105 cm³/mol. The lowest BCUT2D eigenvalue weighted by Crippen LogP contribution is -2.43. The zero-order valence-corrected chi connectivity index (χ0v) is 17.2. The van der Waals surface area contributed by atoms with Crippen LogP contribution in [0.2, 0.25) is 0 Å².